The Bertz CT molecular complexity index is 901. The van der Waals surface area contributed by atoms with Crippen LogP contribution >= 0.6 is 0 Å². The summed E-state index contributed by atoms with van der Waals surface area (Å²) in [5.74, 6) is 0.113. The van der Waals surface area contributed by atoms with E-state index in [1.165, 1.54) is 0 Å². The topological polar surface area (TPSA) is 74.0 Å². The Hall–Kier alpha value is -2.14. The van der Waals surface area contributed by atoms with Crippen LogP contribution in [-0.2, 0) is 5.41 Å². The summed E-state index contributed by atoms with van der Waals surface area (Å²) < 4.78 is 0. The highest BCUT2D eigenvalue weighted by Gasteiger charge is 2.45. The van der Waals surface area contributed by atoms with Gasteiger partial charge in [-0.2, -0.15) is 0 Å². The molecule has 0 radical (unpaired) electrons. The molecule has 0 bridgehead atoms. The largest absolute Gasteiger partial charge is 0.352 e. The van der Waals surface area contributed by atoms with Crippen LogP contribution in [0.3, 0.4) is 0 Å². The number of hydrogen-bond donors (Lipinski definition) is 3. The zero-order valence-corrected chi connectivity index (χ0v) is 16.0. The SMILES string of the molecule is CC1(C)CC(C)(C)c2c([nH]c3ccc(C(=O)NC4CCNC4)cc23)C1=O. The number of rotatable bonds is 2. The molecule has 1 saturated heterocycles. The number of benzene rings is 1. The Balaban J connectivity index is 1.77. The highest BCUT2D eigenvalue weighted by molar-refractivity contribution is 6.08. The van der Waals surface area contributed by atoms with Gasteiger partial charge in [0.1, 0.15) is 0 Å². The molecule has 5 nitrogen and oxygen atoms in total. The first-order chi connectivity index (χ1) is 12.2. The lowest BCUT2D eigenvalue weighted by Gasteiger charge is -2.39. The number of carbonyl (C=O) groups excluding carboxylic acids is 2. The predicted molar refractivity (Wildman–Crippen MR) is 103 cm³/mol. The minimum atomic E-state index is -0.382. The van der Waals surface area contributed by atoms with Crippen LogP contribution < -0.4 is 10.6 Å². The summed E-state index contributed by atoms with van der Waals surface area (Å²) in [5.41, 5.74) is 2.82. The van der Waals surface area contributed by atoms with Gasteiger partial charge in [-0.15, -0.1) is 0 Å². The van der Waals surface area contributed by atoms with Gasteiger partial charge >= 0.3 is 0 Å². The number of aromatic nitrogens is 1. The summed E-state index contributed by atoms with van der Waals surface area (Å²) >= 11 is 0. The first kappa shape index (κ1) is 17.3. The Morgan fingerprint density at radius 2 is 1.96 bits per heavy atom. The molecule has 4 rings (SSSR count). The molecule has 2 heterocycles. The normalized spacial score (nSPS) is 23.8. The second kappa shape index (κ2) is 5.68. The third-order valence-corrected chi connectivity index (χ3v) is 5.86. The van der Waals surface area contributed by atoms with E-state index in [1.54, 1.807) is 0 Å². The molecule has 2 aromatic rings. The molecule has 0 saturated carbocycles. The summed E-state index contributed by atoms with van der Waals surface area (Å²) in [6, 6.07) is 5.89. The van der Waals surface area contributed by atoms with Gasteiger partial charge < -0.3 is 15.6 Å². The lowest BCUT2D eigenvalue weighted by Crippen LogP contribution is -2.39. The highest BCUT2D eigenvalue weighted by Crippen LogP contribution is 2.48. The number of Topliss-reactive ketones (excluding diaryl/α,β-unsaturated/α-hetero) is 1. The number of amides is 1. The summed E-state index contributed by atoms with van der Waals surface area (Å²) in [6.45, 7) is 10.2. The number of aromatic amines is 1. The number of hydrogen-bond acceptors (Lipinski definition) is 3. The van der Waals surface area contributed by atoms with E-state index in [0.717, 1.165) is 42.4 Å². The fraction of sp³-hybridized carbons (Fsp3) is 0.524. The van der Waals surface area contributed by atoms with E-state index in [4.69, 9.17) is 0 Å². The number of H-pyrrole nitrogens is 1. The average Bonchev–Trinajstić information content (AvgIpc) is 3.18. The van der Waals surface area contributed by atoms with E-state index in [9.17, 15) is 9.59 Å². The molecule has 1 atom stereocenters. The minimum absolute atomic E-state index is 0.0455. The van der Waals surface area contributed by atoms with E-state index in [2.05, 4.69) is 29.5 Å². The maximum Gasteiger partial charge on any atom is 0.251 e. The Kier molecular flexibility index (Phi) is 3.77. The van der Waals surface area contributed by atoms with Crippen LogP contribution in [0.5, 0.6) is 0 Å². The summed E-state index contributed by atoms with van der Waals surface area (Å²) in [7, 11) is 0. The first-order valence-corrected chi connectivity index (χ1v) is 9.42. The van der Waals surface area contributed by atoms with E-state index >= 15 is 0 Å². The van der Waals surface area contributed by atoms with Crippen molar-refractivity contribution >= 4 is 22.6 Å². The van der Waals surface area contributed by atoms with Crippen molar-refractivity contribution in [2.24, 2.45) is 5.41 Å². The lowest BCUT2D eigenvalue weighted by molar-refractivity contribution is 0.0759. The molecule has 1 aromatic heterocycles. The molecular weight excluding hydrogens is 326 g/mol. The van der Waals surface area contributed by atoms with E-state index in [1.807, 2.05) is 32.0 Å². The molecule has 1 fully saturated rings. The molecule has 138 valence electrons. The van der Waals surface area contributed by atoms with Crippen LogP contribution in [0.15, 0.2) is 18.2 Å². The van der Waals surface area contributed by atoms with Crippen molar-refractivity contribution in [2.45, 2.75) is 52.0 Å². The van der Waals surface area contributed by atoms with Gasteiger partial charge in [0.25, 0.3) is 5.91 Å². The molecule has 26 heavy (non-hydrogen) atoms. The van der Waals surface area contributed by atoms with Crippen LogP contribution in [0.4, 0.5) is 0 Å². The fourth-order valence-electron chi connectivity index (χ4n) is 4.86. The molecule has 1 unspecified atom stereocenters. The second-order valence-corrected chi connectivity index (χ2v) is 9.07. The summed E-state index contributed by atoms with van der Waals surface area (Å²) in [5, 5.41) is 7.35. The third kappa shape index (κ3) is 2.65. The molecule has 0 spiro atoms. The predicted octanol–water partition coefficient (Wildman–Crippen LogP) is 3.15. The van der Waals surface area contributed by atoms with Crippen LogP contribution in [0.25, 0.3) is 10.9 Å². The molecule has 1 aliphatic heterocycles. The van der Waals surface area contributed by atoms with Crippen molar-refractivity contribution in [1.82, 2.24) is 15.6 Å². The molecule has 3 N–H and O–H groups in total. The maximum absolute atomic E-state index is 12.9. The van der Waals surface area contributed by atoms with Gasteiger partial charge in [-0.25, -0.2) is 0 Å². The molecule has 2 aliphatic rings. The molecule has 1 amide bonds. The zero-order chi connectivity index (χ0) is 18.7. The van der Waals surface area contributed by atoms with Crippen molar-refractivity contribution in [3.05, 3.63) is 35.0 Å². The van der Waals surface area contributed by atoms with Gasteiger partial charge in [0.05, 0.1) is 5.69 Å². The number of carbonyl (C=O) groups is 2. The Morgan fingerprint density at radius 3 is 2.65 bits per heavy atom. The number of fused-ring (bicyclic) bond motifs is 3. The Morgan fingerprint density at radius 1 is 1.19 bits per heavy atom. The number of ketones is 1. The summed E-state index contributed by atoms with van der Waals surface area (Å²) in [4.78, 5) is 28.9. The van der Waals surface area contributed by atoms with E-state index in [0.29, 0.717) is 11.3 Å². The Labute approximate surface area is 153 Å². The molecule has 1 aromatic carbocycles. The van der Waals surface area contributed by atoms with Crippen molar-refractivity contribution < 1.29 is 9.59 Å². The summed E-state index contributed by atoms with van der Waals surface area (Å²) in [6.07, 6.45) is 1.76. The maximum atomic E-state index is 12.9. The van der Waals surface area contributed by atoms with Crippen molar-refractivity contribution in [2.75, 3.05) is 13.1 Å². The van der Waals surface area contributed by atoms with Crippen molar-refractivity contribution in [3.8, 4) is 0 Å². The first-order valence-electron chi connectivity index (χ1n) is 9.42. The van der Waals surface area contributed by atoms with Crippen LogP contribution in [0.2, 0.25) is 0 Å². The smallest absolute Gasteiger partial charge is 0.251 e. The second-order valence-electron chi connectivity index (χ2n) is 9.07. The standard InChI is InChI=1S/C21H27N3O2/c1-20(2)11-21(3,4)18(25)17-16(20)14-9-12(5-6-15(14)24-17)19(26)23-13-7-8-22-10-13/h5-6,9,13,22,24H,7-8,10-11H2,1-4H3,(H,23,26). The molecule has 1 aliphatic carbocycles. The van der Waals surface area contributed by atoms with Gasteiger partial charge in [0.15, 0.2) is 5.78 Å². The van der Waals surface area contributed by atoms with Gasteiger partial charge in [-0.05, 0) is 48.6 Å². The van der Waals surface area contributed by atoms with Gasteiger partial charge in [-0.1, -0.05) is 27.7 Å². The fourth-order valence-corrected chi connectivity index (χ4v) is 4.86. The monoisotopic (exact) mass is 353 g/mol. The van der Waals surface area contributed by atoms with Crippen molar-refractivity contribution in [3.63, 3.8) is 0 Å². The highest BCUT2D eigenvalue weighted by atomic mass is 16.1. The van der Waals surface area contributed by atoms with Crippen molar-refractivity contribution in [1.29, 1.82) is 0 Å². The zero-order valence-electron chi connectivity index (χ0n) is 16.0. The van der Waals surface area contributed by atoms with Gasteiger partial charge in [-0.3, -0.25) is 9.59 Å². The minimum Gasteiger partial charge on any atom is -0.352 e. The quantitative estimate of drug-likeness (QED) is 0.776. The third-order valence-electron chi connectivity index (χ3n) is 5.86. The molecular formula is C21H27N3O2. The van der Waals surface area contributed by atoms with Gasteiger partial charge in [0.2, 0.25) is 0 Å². The average molecular weight is 353 g/mol. The van der Waals surface area contributed by atoms with Gasteiger partial charge in [0, 0.05) is 34.5 Å². The van der Waals surface area contributed by atoms with E-state index in [-0.39, 0.29) is 28.6 Å². The number of nitrogens with one attached hydrogen (secondary N) is 3. The lowest BCUT2D eigenvalue weighted by atomic mass is 9.63. The molecule has 5 heteroatoms. The van der Waals surface area contributed by atoms with Crippen LogP contribution in [-0.4, -0.2) is 35.8 Å². The van der Waals surface area contributed by atoms with E-state index < -0.39 is 0 Å². The van der Waals surface area contributed by atoms with Crippen LogP contribution in [0, 0.1) is 5.41 Å². The van der Waals surface area contributed by atoms with Crippen LogP contribution in [0.1, 0.15) is 66.9 Å².